The van der Waals surface area contributed by atoms with Crippen molar-refractivity contribution < 1.29 is 27.8 Å². The molecule has 2 aromatic carbocycles. The van der Waals surface area contributed by atoms with Crippen molar-refractivity contribution in [1.29, 1.82) is 0 Å². The first-order valence-corrected chi connectivity index (χ1v) is 8.88. The van der Waals surface area contributed by atoms with Crippen molar-refractivity contribution in [2.24, 2.45) is 5.14 Å². The van der Waals surface area contributed by atoms with E-state index in [2.05, 4.69) is 9.97 Å². The number of primary sulfonamides is 1. The van der Waals surface area contributed by atoms with Crippen LogP contribution in [0.2, 0.25) is 0 Å². The van der Waals surface area contributed by atoms with Crippen LogP contribution in [0, 0.1) is 0 Å². The van der Waals surface area contributed by atoms with E-state index in [-0.39, 0.29) is 10.6 Å². The van der Waals surface area contributed by atoms with E-state index in [0.29, 0.717) is 28.2 Å². The molecule has 0 saturated heterocycles. The summed E-state index contributed by atoms with van der Waals surface area (Å²) in [5.41, 5.74) is 1.73. The minimum Gasteiger partial charge on any atom is -0.493 e. The fourth-order valence-electron chi connectivity index (χ4n) is 2.38. The van der Waals surface area contributed by atoms with Gasteiger partial charge in [0.25, 0.3) is 0 Å². The first kappa shape index (κ1) is 17.7. The van der Waals surface area contributed by atoms with Gasteiger partial charge < -0.3 is 19.6 Å². The molecular weight excluding hydrogens is 362 g/mol. The number of nitrogens with two attached hydrogens (primary N) is 1. The Bertz CT molecular complexity index is 1090. The van der Waals surface area contributed by atoms with Crippen LogP contribution in [0.25, 0.3) is 22.4 Å². The molecule has 10 heteroatoms. The van der Waals surface area contributed by atoms with Crippen LogP contribution in [0.15, 0.2) is 41.3 Å². The number of benzene rings is 2. The van der Waals surface area contributed by atoms with E-state index >= 15 is 0 Å². The lowest BCUT2D eigenvalue weighted by molar-refractivity contribution is -0.139. The summed E-state index contributed by atoms with van der Waals surface area (Å²) in [6.45, 7) is -0.489. The summed E-state index contributed by atoms with van der Waals surface area (Å²) in [7, 11) is -2.38. The number of hydrogen-bond donors (Lipinski definition) is 3. The van der Waals surface area contributed by atoms with Gasteiger partial charge in [0.1, 0.15) is 5.82 Å². The third-order valence-corrected chi connectivity index (χ3v) is 4.48. The van der Waals surface area contributed by atoms with E-state index in [4.69, 9.17) is 19.7 Å². The predicted molar refractivity (Wildman–Crippen MR) is 92.6 cm³/mol. The largest absolute Gasteiger partial charge is 0.493 e. The highest BCUT2D eigenvalue weighted by Gasteiger charge is 2.14. The fourth-order valence-corrected chi connectivity index (χ4v) is 2.92. The van der Waals surface area contributed by atoms with E-state index in [1.54, 1.807) is 24.3 Å². The monoisotopic (exact) mass is 377 g/mol. The summed E-state index contributed by atoms with van der Waals surface area (Å²) in [5, 5.41) is 13.8. The zero-order chi connectivity index (χ0) is 18.9. The minimum absolute atomic E-state index is 0.0183. The third-order valence-electron chi connectivity index (χ3n) is 3.57. The molecule has 0 aliphatic rings. The lowest BCUT2D eigenvalue weighted by Crippen LogP contribution is -2.11. The highest BCUT2D eigenvalue weighted by Crippen LogP contribution is 2.32. The number of carbonyl (C=O) groups is 1. The molecule has 0 aliphatic carbocycles. The Morgan fingerprint density at radius 1 is 1.23 bits per heavy atom. The van der Waals surface area contributed by atoms with Gasteiger partial charge in [-0.15, -0.1) is 0 Å². The number of carboxylic acids is 1. The molecule has 1 aromatic heterocycles. The highest BCUT2D eigenvalue weighted by atomic mass is 32.2. The van der Waals surface area contributed by atoms with Crippen molar-refractivity contribution in [3.8, 4) is 22.9 Å². The van der Waals surface area contributed by atoms with Gasteiger partial charge in [0.15, 0.2) is 18.1 Å². The van der Waals surface area contributed by atoms with Gasteiger partial charge in [-0.3, -0.25) is 0 Å². The number of rotatable bonds is 6. The number of sulfonamides is 1. The average Bonchev–Trinajstić information content (AvgIpc) is 3.02. The van der Waals surface area contributed by atoms with Crippen molar-refractivity contribution in [1.82, 2.24) is 9.97 Å². The Morgan fingerprint density at radius 3 is 2.65 bits per heavy atom. The van der Waals surface area contributed by atoms with Crippen molar-refractivity contribution >= 4 is 27.0 Å². The summed E-state index contributed by atoms with van der Waals surface area (Å²) in [5.74, 6) is 0.00873. The maximum atomic E-state index is 11.5. The quantitative estimate of drug-likeness (QED) is 0.588. The first-order valence-electron chi connectivity index (χ1n) is 7.33. The molecule has 0 amide bonds. The Kier molecular flexibility index (Phi) is 4.53. The topological polar surface area (TPSA) is 145 Å². The standard InChI is InChI=1S/C16H15N3O6S/c1-24-14-6-9(2-5-13(14)25-8-15(20)21)16-18-11-4-3-10(26(17,22)23)7-12(11)19-16/h2-7H,8H2,1H3,(H,18,19)(H,20,21)(H2,17,22,23). The molecule has 9 nitrogen and oxygen atoms in total. The normalized spacial score (nSPS) is 11.5. The van der Waals surface area contributed by atoms with E-state index in [0.717, 1.165) is 0 Å². The number of imidazole rings is 1. The maximum absolute atomic E-state index is 11.5. The summed E-state index contributed by atoms with van der Waals surface area (Å²) >= 11 is 0. The second-order valence-corrected chi connectivity index (χ2v) is 6.92. The molecule has 0 radical (unpaired) electrons. The summed E-state index contributed by atoms with van der Waals surface area (Å²) in [4.78, 5) is 18.0. The number of H-pyrrole nitrogens is 1. The predicted octanol–water partition coefficient (Wildman–Crippen LogP) is 1.35. The Morgan fingerprint density at radius 2 is 2.00 bits per heavy atom. The Balaban J connectivity index is 1.99. The Hall–Kier alpha value is -3.11. The molecule has 3 rings (SSSR count). The van der Waals surface area contributed by atoms with Gasteiger partial charge >= 0.3 is 5.97 Å². The summed E-state index contributed by atoms with van der Waals surface area (Å²) < 4.78 is 33.3. The molecular formula is C16H15N3O6S. The molecule has 0 aliphatic heterocycles. The number of ether oxygens (including phenoxy) is 2. The highest BCUT2D eigenvalue weighted by molar-refractivity contribution is 7.89. The van der Waals surface area contributed by atoms with Gasteiger partial charge in [0, 0.05) is 5.56 Å². The van der Waals surface area contributed by atoms with Gasteiger partial charge in [-0.05, 0) is 36.4 Å². The van der Waals surface area contributed by atoms with Crippen molar-refractivity contribution in [2.75, 3.05) is 13.7 Å². The van der Waals surface area contributed by atoms with E-state index in [1.807, 2.05) is 0 Å². The SMILES string of the molecule is COc1cc(-c2nc3ccc(S(N)(=O)=O)cc3[nH]2)ccc1OCC(=O)O. The first-order chi connectivity index (χ1) is 12.3. The lowest BCUT2D eigenvalue weighted by atomic mass is 10.2. The molecule has 0 bridgehead atoms. The fraction of sp³-hybridized carbons (Fsp3) is 0.125. The molecule has 26 heavy (non-hydrogen) atoms. The molecule has 136 valence electrons. The van der Waals surface area contributed by atoms with Gasteiger partial charge in [0.05, 0.1) is 23.0 Å². The zero-order valence-corrected chi connectivity index (χ0v) is 14.4. The molecule has 0 atom stereocenters. The number of hydrogen-bond acceptors (Lipinski definition) is 6. The van der Waals surface area contributed by atoms with Crippen LogP contribution in [-0.4, -0.2) is 43.2 Å². The van der Waals surface area contributed by atoms with E-state index in [1.165, 1.54) is 19.2 Å². The zero-order valence-electron chi connectivity index (χ0n) is 13.6. The average molecular weight is 377 g/mol. The van der Waals surface area contributed by atoms with Crippen LogP contribution in [0.1, 0.15) is 0 Å². The van der Waals surface area contributed by atoms with Crippen molar-refractivity contribution in [3.63, 3.8) is 0 Å². The van der Waals surface area contributed by atoms with Crippen LogP contribution in [0.3, 0.4) is 0 Å². The smallest absolute Gasteiger partial charge is 0.341 e. The van der Waals surface area contributed by atoms with Crippen LogP contribution in [0.4, 0.5) is 0 Å². The van der Waals surface area contributed by atoms with Crippen LogP contribution >= 0.6 is 0 Å². The van der Waals surface area contributed by atoms with Gasteiger partial charge in [-0.25, -0.2) is 23.3 Å². The number of aliphatic carboxylic acids is 1. The van der Waals surface area contributed by atoms with Gasteiger partial charge in [0.2, 0.25) is 10.0 Å². The van der Waals surface area contributed by atoms with E-state index in [9.17, 15) is 13.2 Å². The molecule has 4 N–H and O–H groups in total. The minimum atomic E-state index is -3.81. The molecule has 3 aromatic rings. The molecule has 0 saturated carbocycles. The number of aromatic nitrogens is 2. The number of aromatic amines is 1. The Labute approximate surface area is 148 Å². The third kappa shape index (κ3) is 3.60. The lowest BCUT2D eigenvalue weighted by Gasteiger charge is -2.10. The van der Waals surface area contributed by atoms with E-state index < -0.39 is 22.6 Å². The molecule has 0 spiro atoms. The molecule has 1 heterocycles. The van der Waals surface area contributed by atoms with Gasteiger partial charge in [-0.2, -0.15) is 0 Å². The number of fused-ring (bicyclic) bond motifs is 1. The van der Waals surface area contributed by atoms with Crippen LogP contribution in [-0.2, 0) is 14.8 Å². The number of methoxy groups -OCH3 is 1. The molecule has 0 unspecified atom stereocenters. The summed E-state index contributed by atoms with van der Waals surface area (Å²) in [6, 6.07) is 9.22. The second-order valence-electron chi connectivity index (χ2n) is 5.36. The summed E-state index contributed by atoms with van der Waals surface area (Å²) in [6.07, 6.45) is 0. The molecule has 0 fully saturated rings. The maximum Gasteiger partial charge on any atom is 0.341 e. The number of nitrogens with one attached hydrogen (secondary N) is 1. The number of nitrogens with zero attached hydrogens (tertiary/aromatic N) is 1. The van der Waals surface area contributed by atoms with Crippen molar-refractivity contribution in [3.05, 3.63) is 36.4 Å². The van der Waals surface area contributed by atoms with Gasteiger partial charge in [-0.1, -0.05) is 0 Å². The number of carboxylic acid groups (broad SMARTS) is 1. The second kappa shape index (κ2) is 6.65. The van der Waals surface area contributed by atoms with Crippen molar-refractivity contribution in [2.45, 2.75) is 4.90 Å². The van der Waals surface area contributed by atoms with Crippen LogP contribution in [0.5, 0.6) is 11.5 Å². The van der Waals surface area contributed by atoms with Crippen LogP contribution < -0.4 is 14.6 Å².